The molecule has 2 aromatic heterocycles. The molecule has 26 heavy (non-hydrogen) atoms. The molecular weight excluding hydrogens is 334 g/mol. The normalized spacial score (nSPS) is 19.5. The Balaban J connectivity index is 1.38. The second kappa shape index (κ2) is 7.23. The van der Waals surface area contributed by atoms with Gasteiger partial charge >= 0.3 is 6.03 Å². The van der Waals surface area contributed by atoms with Gasteiger partial charge in [0.25, 0.3) is 5.91 Å². The summed E-state index contributed by atoms with van der Waals surface area (Å²) in [4.78, 5) is 28.4. The summed E-state index contributed by atoms with van der Waals surface area (Å²) >= 11 is 0. The van der Waals surface area contributed by atoms with Crippen LogP contribution in [0.5, 0.6) is 0 Å². The third-order valence-corrected chi connectivity index (χ3v) is 5.05. The standard InChI is InChI=1S/C18H23N5O3/c24-17(16-4-3-11-26-16)22-12-14(23-15(13-22)6-8-20-23)5-7-19-18(25)21-9-1-2-10-21/h3-4,6,8,11,14H,1-2,5,7,9-10,12-13H2,(H,19,25)/t14-/m1/s1. The molecule has 0 saturated carbocycles. The van der Waals surface area contributed by atoms with Gasteiger partial charge in [-0.25, -0.2) is 4.79 Å². The highest BCUT2D eigenvalue weighted by Crippen LogP contribution is 2.24. The topological polar surface area (TPSA) is 83.6 Å². The van der Waals surface area contributed by atoms with Gasteiger partial charge in [0, 0.05) is 32.4 Å². The van der Waals surface area contributed by atoms with Gasteiger partial charge in [0.05, 0.1) is 24.5 Å². The lowest BCUT2D eigenvalue weighted by Gasteiger charge is -2.33. The first-order chi connectivity index (χ1) is 12.7. The van der Waals surface area contributed by atoms with Crippen LogP contribution in [0.3, 0.4) is 0 Å². The van der Waals surface area contributed by atoms with E-state index in [0.717, 1.165) is 38.0 Å². The fraction of sp³-hybridized carbons (Fsp3) is 0.500. The summed E-state index contributed by atoms with van der Waals surface area (Å²) in [5.74, 6) is 0.229. The van der Waals surface area contributed by atoms with Gasteiger partial charge in [-0.3, -0.25) is 9.48 Å². The van der Waals surface area contributed by atoms with Gasteiger partial charge in [-0.2, -0.15) is 5.10 Å². The van der Waals surface area contributed by atoms with Crippen LogP contribution in [-0.4, -0.2) is 57.7 Å². The van der Waals surface area contributed by atoms with Gasteiger partial charge in [-0.05, 0) is 37.5 Å². The Morgan fingerprint density at radius 3 is 2.85 bits per heavy atom. The van der Waals surface area contributed by atoms with Crippen molar-refractivity contribution in [2.45, 2.75) is 31.8 Å². The summed E-state index contributed by atoms with van der Waals surface area (Å²) < 4.78 is 7.21. The average Bonchev–Trinajstić information content (AvgIpc) is 3.42. The maximum absolute atomic E-state index is 12.6. The van der Waals surface area contributed by atoms with E-state index in [2.05, 4.69) is 10.4 Å². The fourth-order valence-corrected chi connectivity index (χ4v) is 3.69. The zero-order valence-electron chi connectivity index (χ0n) is 14.6. The zero-order chi connectivity index (χ0) is 17.9. The maximum atomic E-state index is 12.6. The first-order valence-electron chi connectivity index (χ1n) is 9.10. The van der Waals surface area contributed by atoms with Crippen LogP contribution in [0.1, 0.15) is 41.6 Å². The van der Waals surface area contributed by atoms with E-state index in [1.54, 1.807) is 23.2 Å². The summed E-state index contributed by atoms with van der Waals surface area (Å²) in [6, 6.07) is 5.36. The van der Waals surface area contributed by atoms with Crippen LogP contribution in [0.25, 0.3) is 0 Å². The molecule has 8 heteroatoms. The van der Waals surface area contributed by atoms with Gasteiger partial charge in [-0.15, -0.1) is 0 Å². The lowest BCUT2D eigenvalue weighted by Crippen LogP contribution is -2.43. The molecule has 8 nitrogen and oxygen atoms in total. The number of nitrogens with zero attached hydrogens (tertiary/aromatic N) is 4. The predicted octanol–water partition coefficient (Wildman–Crippen LogP) is 1.87. The molecule has 0 unspecified atom stereocenters. The minimum Gasteiger partial charge on any atom is -0.459 e. The third-order valence-electron chi connectivity index (χ3n) is 5.05. The Morgan fingerprint density at radius 2 is 2.08 bits per heavy atom. The molecule has 0 aromatic carbocycles. The Bertz CT molecular complexity index is 764. The first kappa shape index (κ1) is 16.7. The van der Waals surface area contributed by atoms with Crippen molar-refractivity contribution in [3.63, 3.8) is 0 Å². The molecule has 0 spiro atoms. The number of rotatable bonds is 4. The molecule has 1 N–H and O–H groups in total. The van der Waals surface area contributed by atoms with Crippen LogP contribution in [0, 0.1) is 0 Å². The Labute approximate surface area is 151 Å². The van der Waals surface area contributed by atoms with Crippen LogP contribution in [-0.2, 0) is 6.54 Å². The predicted molar refractivity (Wildman–Crippen MR) is 93.5 cm³/mol. The molecule has 4 heterocycles. The molecular formula is C18H23N5O3. The molecule has 4 rings (SSSR count). The smallest absolute Gasteiger partial charge is 0.317 e. The lowest BCUT2D eigenvalue weighted by molar-refractivity contribution is 0.0632. The SMILES string of the molecule is O=C(NCC[C@@H]1CN(C(=O)c2ccco2)Cc2ccnn21)N1CCCC1. The minimum absolute atomic E-state index is 0.00233. The molecule has 3 amide bonds. The molecule has 0 aliphatic carbocycles. The van der Waals surface area contributed by atoms with Gasteiger partial charge in [0.15, 0.2) is 5.76 Å². The molecule has 1 atom stereocenters. The van der Waals surface area contributed by atoms with Crippen molar-refractivity contribution in [2.75, 3.05) is 26.2 Å². The van der Waals surface area contributed by atoms with Crippen molar-refractivity contribution >= 4 is 11.9 Å². The first-order valence-corrected chi connectivity index (χ1v) is 9.10. The van der Waals surface area contributed by atoms with Gasteiger partial charge in [-0.1, -0.05) is 0 Å². The number of hydrogen-bond donors (Lipinski definition) is 1. The van der Waals surface area contributed by atoms with Gasteiger partial charge in [0.1, 0.15) is 0 Å². The van der Waals surface area contributed by atoms with E-state index in [-0.39, 0.29) is 18.0 Å². The minimum atomic E-state index is -0.117. The number of carbonyl (C=O) groups is 2. The molecule has 2 aromatic rings. The number of likely N-dealkylation sites (tertiary alicyclic amines) is 1. The van der Waals surface area contributed by atoms with Crippen LogP contribution in [0.15, 0.2) is 35.1 Å². The zero-order valence-corrected chi connectivity index (χ0v) is 14.6. The largest absolute Gasteiger partial charge is 0.459 e. The second-order valence-corrected chi connectivity index (χ2v) is 6.80. The van der Waals surface area contributed by atoms with Gasteiger partial charge in [0.2, 0.25) is 0 Å². The van der Waals surface area contributed by atoms with Gasteiger partial charge < -0.3 is 19.5 Å². The highest BCUT2D eigenvalue weighted by molar-refractivity contribution is 5.91. The fourth-order valence-electron chi connectivity index (χ4n) is 3.69. The maximum Gasteiger partial charge on any atom is 0.317 e. The molecule has 138 valence electrons. The van der Waals surface area contributed by atoms with E-state index >= 15 is 0 Å². The van der Waals surface area contributed by atoms with E-state index in [9.17, 15) is 9.59 Å². The van der Waals surface area contributed by atoms with Crippen LogP contribution >= 0.6 is 0 Å². The average molecular weight is 357 g/mol. The summed E-state index contributed by atoms with van der Waals surface area (Å²) in [5, 5.41) is 7.39. The van der Waals surface area contributed by atoms with Crippen LogP contribution in [0.4, 0.5) is 4.79 Å². The van der Waals surface area contributed by atoms with Crippen molar-refractivity contribution in [3.05, 3.63) is 42.1 Å². The summed E-state index contributed by atoms with van der Waals surface area (Å²) in [7, 11) is 0. The number of aromatic nitrogens is 2. The highest BCUT2D eigenvalue weighted by atomic mass is 16.3. The van der Waals surface area contributed by atoms with Crippen molar-refractivity contribution in [1.82, 2.24) is 24.9 Å². The molecule has 2 aliphatic rings. The molecule has 0 bridgehead atoms. The summed E-state index contributed by atoms with van der Waals surface area (Å²) in [5.41, 5.74) is 0.993. The monoisotopic (exact) mass is 357 g/mol. The van der Waals surface area contributed by atoms with Crippen molar-refractivity contribution in [1.29, 1.82) is 0 Å². The summed E-state index contributed by atoms with van der Waals surface area (Å²) in [6.45, 7) is 3.29. The lowest BCUT2D eigenvalue weighted by atomic mass is 10.1. The van der Waals surface area contributed by atoms with Crippen molar-refractivity contribution < 1.29 is 14.0 Å². The Hall–Kier alpha value is -2.77. The molecule has 1 fully saturated rings. The number of furan rings is 1. The van der Waals surface area contributed by atoms with Crippen LogP contribution in [0.2, 0.25) is 0 Å². The second-order valence-electron chi connectivity index (χ2n) is 6.80. The van der Waals surface area contributed by atoms with E-state index in [0.29, 0.717) is 25.4 Å². The summed E-state index contributed by atoms with van der Waals surface area (Å²) in [6.07, 6.45) is 6.14. The Morgan fingerprint density at radius 1 is 1.23 bits per heavy atom. The Kier molecular flexibility index (Phi) is 4.64. The van der Waals surface area contributed by atoms with Crippen LogP contribution < -0.4 is 5.32 Å². The van der Waals surface area contributed by atoms with E-state index in [4.69, 9.17) is 4.42 Å². The molecule has 0 radical (unpaired) electrons. The van der Waals surface area contributed by atoms with Crippen molar-refractivity contribution in [2.24, 2.45) is 0 Å². The molecule has 1 saturated heterocycles. The van der Waals surface area contributed by atoms with E-state index < -0.39 is 0 Å². The number of carbonyl (C=O) groups excluding carboxylic acids is 2. The number of fused-ring (bicyclic) bond motifs is 1. The number of amides is 3. The quantitative estimate of drug-likeness (QED) is 0.905. The van der Waals surface area contributed by atoms with E-state index in [1.807, 2.05) is 15.6 Å². The van der Waals surface area contributed by atoms with Crippen molar-refractivity contribution in [3.8, 4) is 0 Å². The number of urea groups is 1. The number of nitrogens with one attached hydrogen (secondary N) is 1. The molecule has 2 aliphatic heterocycles. The number of hydrogen-bond acceptors (Lipinski definition) is 4. The van der Waals surface area contributed by atoms with E-state index in [1.165, 1.54) is 6.26 Å². The highest BCUT2D eigenvalue weighted by Gasteiger charge is 2.30. The third kappa shape index (κ3) is 3.31.